The van der Waals surface area contributed by atoms with Crippen molar-refractivity contribution in [2.75, 3.05) is 6.61 Å². The van der Waals surface area contributed by atoms with Crippen molar-refractivity contribution < 1.29 is 9.53 Å². The molecule has 0 spiro atoms. The summed E-state index contributed by atoms with van der Waals surface area (Å²) in [4.78, 5) is 11.8. The molecule has 0 N–H and O–H groups in total. The van der Waals surface area contributed by atoms with Gasteiger partial charge in [0.05, 0.1) is 6.61 Å². The van der Waals surface area contributed by atoms with Gasteiger partial charge in [0.25, 0.3) is 0 Å². The van der Waals surface area contributed by atoms with Gasteiger partial charge in [-0.15, -0.1) is 0 Å². The summed E-state index contributed by atoms with van der Waals surface area (Å²) in [5.41, 5.74) is 2.58. The van der Waals surface area contributed by atoms with E-state index in [1.165, 1.54) is 17.5 Å². The van der Waals surface area contributed by atoms with E-state index in [0.717, 1.165) is 38.0 Å². The van der Waals surface area contributed by atoms with Crippen molar-refractivity contribution in [2.24, 2.45) is 5.92 Å². The molecule has 1 aromatic rings. The molecule has 1 heterocycles. The molecule has 2 aliphatic rings. The minimum absolute atomic E-state index is 0.382. The lowest BCUT2D eigenvalue weighted by atomic mass is 9.80. The third-order valence-corrected chi connectivity index (χ3v) is 3.97. The van der Waals surface area contributed by atoms with Crippen LogP contribution in [0.2, 0.25) is 0 Å². The van der Waals surface area contributed by atoms with Crippen molar-refractivity contribution in [3.8, 4) is 5.75 Å². The molecule has 0 aromatic heterocycles. The molecule has 0 unspecified atom stereocenters. The summed E-state index contributed by atoms with van der Waals surface area (Å²) < 4.78 is 5.48. The second-order valence-corrected chi connectivity index (χ2v) is 5.13. The summed E-state index contributed by atoms with van der Waals surface area (Å²) in [5.74, 6) is 1.87. The molecular formula is C15H18O2. The van der Waals surface area contributed by atoms with Crippen molar-refractivity contribution in [2.45, 2.75) is 38.5 Å². The zero-order chi connectivity index (χ0) is 11.7. The molecule has 0 amide bonds. The van der Waals surface area contributed by atoms with E-state index in [9.17, 15) is 4.79 Å². The minimum atomic E-state index is 0.382. The van der Waals surface area contributed by atoms with Crippen LogP contribution >= 0.6 is 0 Å². The number of hydrogen-bond donors (Lipinski definition) is 0. The molecule has 17 heavy (non-hydrogen) atoms. The molecular weight excluding hydrogens is 212 g/mol. The maximum atomic E-state index is 11.8. The standard InChI is InChI=1S/C15H18O2/c16-14(12-2-1-3-12)6-4-11-5-7-15-13(10-11)8-9-17-15/h5,7,10,12H,1-4,6,8-9H2. The van der Waals surface area contributed by atoms with Gasteiger partial charge in [0.2, 0.25) is 0 Å². The Kier molecular flexibility index (Phi) is 2.87. The maximum absolute atomic E-state index is 11.8. The average Bonchev–Trinajstić information content (AvgIpc) is 2.71. The van der Waals surface area contributed by atoms with E-state index in [4.69, 9.17) is 4.74 Å². The van der Waals surface area contributed by atoms with Crippen LogP contribution < -0.4 is 4.74 Å². The Morgan fingerprint density at radius 3 is 3.00 bits per heavy atom. The first-order chi connectivity index (χ1) is 8.33. The molecule has 0 bridgehead atoms. The molecule has 1 aliphatic heterocycles. The number of fused-ring (bicyclic) bond motifs is 1. The Morgan fingerprint density at radius 2 is 2.24 bits per heavy atom. The van der Waals surface area contributed by atoms with Crippen molar-refractivity contribution in [1.29, 1.82) is 0 Å². The highest BCUT2D eigenvalue weighted by atomic mass is 16.5. The Balaban J connectivity index is 1.59. The topological polar surface area (TPSA) is 26.3 Å². The lowest BCUT2D eigenvalue weighted by molar-refractivity contribution is -0.125. The first-order valence-corrected chi connectivity index (χ1v) is 6.60. The fraction of sp³-hybridized carbons (Fsp3) is 0.533. The quantitative estimate of drug-likeness (QED) is 0.795. The van der Waals surface area contributed by atoms with Crippen molar-refractivity contribution in [3.63, 3.8) is 0 Å². The zero-order valence-corrected chi connectivity index (χ0v) is 10.1. The Hall–Kier alpha value is -1.31. The lowest BCUT2D eigenvalue weighted by Gasteiger charge is -2.23. The van der Waals surface area contributed by atoms with Gasteiger partial charge in [-0.05, 0) is 36.5 Å². The second-order valence-electron chi connectivity index (χ2n) is 5.13. The van der Waals surface area contributed by atoms with E-state index >= 15 is 0 Å². The Labute approximate surface area is 102 Å². The van der Waals surface area contributed by atoms with Crippen molar-refractivity contribution >= 4 is 5.78 Å². The molecule has 90 valence electrons. The van der Waals surface area contributed by atoms with E-state index in [0.29, 0.717) is 18.1 Å². The van der Waals surface area contributed by atoms with E-state index < -0.39 is 0 Å². The third-order valence-electron chi connectivity index (χ3n) is 3.97. The number of carbonyl (C=O) groups excluding carboxylic acids is 1. The van der Waals surface area contributed by atoms with Gasteiger partial charge in [-0.2, -0.15) is 0 Å². The first-order valence-electron chi connectivity index (χ1n) is 6.60. The van der Waals surface area contributed by atoms with Gasteiger partial charge >= 0.3 is 0 Å². The molecule has 1 aromatic carbocycles. The number of rotatable bonds is 4. The minimum Gasteiger partial charge on any atom is -0.493 e. The normalized spacial score (nSPS) is 18.4. The highest BCUT2D eigenvalue weighted by Gasteiger charge is 2.24. The van der Waals surface area contributed by atoms with Crippen LogP contribution in [0, 0.1) is 5.92 Å². The molecule has 0 radical (unpaired) electrons. The predicted molar refractivity (Wildman–Crippen MR) is 66.3 cm³/mol. The smallest absolute Gasteiger partial charge is 0.136 e. The number of aryl methyl sites for hydroxylation is 1. The molecule has 1 aliphatic carbocycles. The number of ketones is 1. The van der Waals surface area contributed by atoms with Crippen molar-refractivity contribution in [1.82, 2.24) is 0 Å². The van der Waals surface area contributed by atoms with Crippen LogP contribution in [-0.2, 0) is 17.6 Å². The predicted octanol–water partition coefficient (Wildman–Crippen LogP) is 2.92. The second kappa shape index (κ2) is 4.52. The van der Waals surface area contributed by atoms with Gasteiger partial charge in [0.1, 0.15) is 11.5 Å². The third kappa shape index (κ3) is 2.21. The van der Waals surface area contributed by atoms with Gasteiger partial charge < -0.3 is 4.74 Å². The molecule has 2 heteroatoms. The van der Waals surface area contributed by atoms with Gasteiger partial charge in [-0.25, -0.2) is 0 Å². The molecule has 1 fully saturated rings. The monoisotopic (exact) mass is 230 g/mol. The lowest BCUT2D eigenvalue weighted by Crippen LogP contribution is -2.22. The van der Waals surface area contributed by atoms with E-state index in [1.54, 1.807) is 0 Å². The summed E-state index contributed by atoms with van der Waals surface area (Å²) in [6, 6.07) is 6.35. The van der Waals surface area contributed by atoms with Gasteiger partial charge in [0, 0.05) is 18.8 Å². The number of carbonyl (C=O) groups is 1. The van der Waals surface area contributed by atoms with Crippen LogP contribution in [-0.4, -0.2) is 12.4 Å². The zero-order valence-electron chi connectivity index (χ0n) is 10.1. The molecule has 3 rings (SSSR count). The average molecular weight is 230 g/mol. The molecule has 2 nitrogen and oxygen atoms in total. The SMILES string of the molecule is O=C(CCc1ccc2c(c1)CCO2)C1CCC1. The van der Waals surface area contributed by atoms with Crippen LogP contribution in [0.3, 0.4) is 0 Å². The summed E-state index contributed by atoms with van der Waals surface area (Å²) in [6.07, 6.45) is 6.10. The van der Waals surface area contributed by atoms with Gasteiger partial charge in [-0.3, -0.25) is 4.79 Å². The van der Waals surface area contributed by atoms with Crippen LogP contribution in [0.5, 0.6) is 5.75 Å². The number of benzene rings is 1. The largest absolute Gasteiger partial charge is 0.493 e. The fourth-order valence-corrected chi connectivity index (χ4v) is 2.60. The Morgan fingerprint density at radius 1 is 1.35 bits per heavy atom. The summed E-state index contributed by atoms with van der Waals surface area (Å²) in [6.45, 7) is 0.805. The maximum Gasteiger partial charge on any atom is 0.136 e. The van der Waals surface area contributed by atoms with E-state index in [1.807, 2.05) is 6.07 Å². The van der Waals surface area contributed by atoms with Crippen LogP contribution in [0.4, 0.5) is 0 Å². The number of ether oxygens (including phenoxy) is 1. The first kappa shape index (κ1) is 10.8. The number of Topliss-reactive ketones (excluding diaryl/α,β-unsaturated/α-hetero) is 1. The van der Waals surface area contributed by atoms with Gasteiger partial charge in [-0.1, -0.05) is 18.6 Å². The van der Waals surface area contributed by atoms with Crippen LogP contribution in [0.15, 0.2) is 18.2 Å². The Bertz CT molecular complexity index is 433. The van der Waals surface area contributed by atoms with Gasteiger partial charge in [0.15, 0.2) is 0 Å². The molecule has 0 atom stereocenters. The van der Waals surface area contributed by atoms with Crippen LogP contribution in [0.1, 0.15) is 36.8 Å². The van der Waals surface area contributed by atoms with Crippen molar-refractivity contribution in [3.05, 3.63) is 29.3 Å². The highest BCUT2D eigenvalue weighted by Crippen LogP contribution is 2.29. The van der Waals surface area contributed by atoms with E-state index in [2.05, 4.69) is 12.1 Å². The van der Waals surface area contributed by atoms with E-state index in [-0.39, 0.29) is 0 Å². The number of hydrogen-bond acceptors (Lipinski definition) is 2. The summed E-state index contributed by atoms with van der Waals surface area (Å²) in [5, 5.41) is 0. The fourth-order valence-electron chi connectivity index (χ4n) is 2.60. The van der Waals surface area contributed by atoms with Crippen LogP contribution in [0.25, 0.3) is 0 Å². The highest BCUT2D eigenvalue weighted by molar-refractivity contribution is 5.81. The summed E-state index contributed by atoms with van der Waals surface area (Å²) in [7, 11) is 0. The summed E-state index contributed by atoms with van der Waals surface area (Å²) >= 11 is 0. The molecule has 0 saturated heterocycles. The molecule has 1 saturated carbocycles.